The molecule has 0 aliphatic heterocycles. The summed E-state index contributed by atoms with van der Waals surface area (Å²) in [7, 11) is 0. The summed E-state index contributed by atoms with van der Waals surface area (Å²) in [6, 6.07) is 11.6. The van der Waals surface area contributed by atoms with Crippen LogP contribution in [0.15, 0.2) is 48.8 Å². The average Bonchev–Trinajstić information content (AvgIpc) is 2.46. The molecule has 2 rings (SSSR count). The van der Waals surface area contributed by atoms with Gasteiger partial charge in [-0.2, -0.15) is 0 Å². The van der Waals surface area contributed by atoms with Gasteiger partial charge in [0.2, 0.25) is 5.91 Å². The molecule has 0 aliphatic rings. The Morgan fingerprint density at radius 2 is 1.95 bits per heavy atom. The Balaban J connectivity index is 1.87. The summed E-state index contributed by atoms with van der Waals surface area (Å²) in [6.45, 7) is -0.0826. The number of carbonyl (C=O) groups is 1. The van der Waals surface area contributed by atoms with Gasteiger partial charge in [-0.3, -0.25) is 9.78 Å². The summed E-state index contributed by atoms with van der Waals surface area (Å²) in [4.78, 5) is 15.7. The number of benzene rings is 1. The van der Waals surface area contributed by atoms with Crippen molar-refractivity contribution in [1.29, 1.82) is 0 Å². The van der Waals surface area contributed by atoms with Crippen LogP contribution >= 0.6 is 0 Å². The second-order valence-corrected chi connectivity index (χ2v) is 4.27. The smallest absolute Gasteiger partial charge is 0.224 e. The molecule has 4 heteroatoms. The summed E-state index contributed by atoms with van der Waals surface area (Å²) in [6.07, 6.45) is 4.27. The second-order valence-electron chi connectivity index (χ2n) is 4.27. The molecule has 19 heavy (non-hydrogen) atoms. The van der Waals surface area contributed by atoms with Crippen LogP contribution in [-0.2, 0) is 17.8 Å². The van der Waals surface area contributed by atoms with Crippen LogP contribution in [0.25, 0.3) is 0 Å². The summed E-state index contributed by atoms with van der Waals surface area (Å²) in [5, 5.41) is 11.8. The number of aromatic nitrogens is 1. The molecule has 0 saturated heterocycles. The first-order valence-corrected chi connectivity index (χ1v) is 6.16. The van der Waals surface area contributed by atoms with Crippen LogP contribution < -0.4 is 5.32 Å². The highest BCUT2D eigenvalue weighted by atomic mass is 16.3. The largest absolute Gasteiger partial charge is 0.392 e. The van der Waals surface area contributed by atoms with E-state index in [2.05, 4.69) is 10.3 Å². The van der Waals surface area contributed by atoms with E-state index in [1.54, 1.807) is 18.5 Å². The third kappa shape index (κ3) is 4.19. The van der Waals surface area contributed by atoms with Crippen molar-refractivity contribution in [2.75, 3.05) is 5.32 Å². The van der Waals surface area contributed by atoms with E-state index >= 15 is 0 Å². The third-order valence-corrected chi connectivity index (χ3v) is 2.74. The molecule has 0 spiro atoms. The predicted molar refractivity (Wildman–Crippen MR) is 73.6 cm³/mol. The molecule has 0 fully saturated rings. The van der Waals surface area contributed by atoms with E-state index in [-0.39, 0.29) is 12.5 Å². The van der Waals surface area contributed by atoms with E-state index in [0.717, 1.165) is 5.56 Å². The number of hydrogen-bond acceptors (Lipinski definition) is 3. The molecule has 1 amide bonds. The lowest BCUT2D eigenvalue weighted by Gasteiger charge is -2.06. The normalized spacial score (nSPS) is 10.2. The molecule has 0 bridgehead atoms. The number of hydrogen-bond donors (Lipinski definition) is 2. The lowest BCUT2D eigenvalue weighted by molar-refractivity contribution is -0.116. The number of aryl methyl sites for hydroxylation is 1. The maximum Gasteiger partial charge on any atom is 0.224 e. The molecular weight excluding hydrogens is 240 g/mol. The van der Waals surface area contributed by atoms with Crippen LogP contribution in [0.5, 0.6) is 0 Å². The van der Waals surface area contributed by atoms with Crippen molar-refractivity contribution in [3.63, 3.8) is 0 Å². The molecule has 1 heterocycles. The predicted octanol–water partition coefficient (Wildman–Crippen LogP) is 2.15. The van der Waals surface area contributed by atoms with Crippen molar-refractivity contribution < 1.29 is 9.90 Å². The maximum atomic E-state index is 11.8. The van der Waals surface area contributed by atoms with Crippen LogP contribution in [-0.4, -0.2) is 16.0 Å². The van der Waals surface area contributed by atoms with Gasteiger partial charge in [0.25, 0.3) is 0 Å². The number of aliphatic hydroxyl groups is 1. The highest BCUT2D eigenvalue weighted by Gasteiger charge is 2.04. The van der Waals surface area contributed by atoms with Crippen LogP contribution in [0.2, 0.25) is 0 Å². The molecule has 4 nitrogen and oxygen atoms in total. The second kappa shape index (κ2) is 6.66. The Kier molecular flexibility index (Phi) is 4.64. The van der Waals surface area contributed by atoms with Gasteiger partial charge in [-0.1, -0.05) is 30.3 Å². The van der Waals surface area contributed by atoms with Crippen molar-refractivity contribution >= 4 is 11.6 Å². The maximum absolute atomic E-state index is 11.8. The van der Waals surface area contributed by atoms with Crippen LogP contribution in [0, 0.1) is 0 Å². The van der Waals surface area contributed by atoms with E-state index in [9.17, 15) is 4.79 Å². The summed E-state index contributed by atoms with van der Waals surface area (Å²) in [5.41, 5.74) is 2.44. The summed E-state index contributed by atoms with van der Waals surface area (Å²) in [5.74, 6) is -0.0549. The Morgan fingerprint density at radius 3 is 2.68 bits per heavy atom. The summed E-state index contributed by atoms with van der Waals surface area (Å²) < 4.78 is 0. The fourth-order valence-electron chi connectivity index (χ4n) is 1.77. The fraction of sp³-hybridized carbons (Fsp3) is 0.200. The van der Waals surface area contributed by atoms with Gasteiger partial charge >= 0.3 is 0 Å². The fourth-order valence-corrected chi connectivity index (χ4v) is 1.77. The van der Waals surface area contributed by atoms with E-state index in [1.807, 2.05) is 30.3 Å². The zero-order valence-electron chi connectivity index (χ0n) is 10.5. The van der Waals surface area contributed by atoms with Crippen molar-refractivity contribution in [2.45, 2.75) is 19.4 Å². The Bertz CT molecular complexity index is 541. The summed E-state index contributed by atoms with van der Waals surface area (Å²) >= 11 is 0. The van der Waals surface area contributed by atoms with E-state index in [0.29, 0.717) is 24.1 Å². The number of anilines is 1. The zero-order chi connectivity index (χ0) is 13.5. The van der Waals surface area contributed by atoms with Gasteiger partial charge in [0.05, 0.1) is 18.5 Å². The molecule has 0 unspecified atom stereocenters. The Hall–Kier alpha value is -2.20. The topological polar surface area (TPSA) is 62.2 Å². The van der Waals surface area contributed by atoms with Gasteiger partial charge in [0.1, 0.15) is 0 Å². The third-order valence-electron chi connectivity index (χ3n) is 2.74. The molecule has 2 aromatic rings. The minimum Gasteiger partial charge on any atom is -0.392 e. The lowest BCUT2D eigenvalue weighted by atomic mass is 10.1. The standard InChI is InChI=1S/C15H16N2O2/c18-11-13-8-14(10-16-9-13)17-15(19)7-6-12-4-2-1-3-5-12/h1-5,8-10,18H,6-7,11H2,(H,17,19). The van der Waals surface area contributed by atoms with Crippen molar-refractivity contribution in [2.24, 2.45) is 0 Å². The van der Waals surface area contributed by atoms with Gasteiger partial charge in [0.15, 0.2) is 0 Å². The Morgan fingerprint density at radius 1 is 1.16 bits per heavy atom. The SMILES string of the molecule is O=C(CCc1ccccc1)Nc1cncc(CO)c1. The number of carbonyl (C=O) groups excluding carboxylic acids is 1. The van der Waals surface area contributed by atoms with Gasteiger partial charge in [-0.05, 0) is 23.6 Å². The van der Waals surface area contributed by atoms with E-state index in [1.165, 1.54) is 0 Å². The number of pyridine rings is 1. The first-order valence-electron chi connectivity index (χ1n) is 6.16. The van der Waals surface area contributed by atoms with E-state index in [4.69, 9.17) is 5.11 Å². The molecule has 0 radical (unpaired) electrons. The van der Waals surface area contributed by atoms with Crippen LogP contribution in [0.4, 0.5) is 5.69 Å². The first-order chi connectivity index (χ1) is 9.28. The molecule has 98 valence electrons. The van der Waals surface area contributed by atoms with Crippen molar-refractivity contribution in [1.82, 2.24) is 4.98 Å². The average molecular weight is 256 g/mol. The number of amides is 1. The molecule has 0 saturated carbocycles. The number of nitrogens with one attached hydrogen (secondary N) is 1. The van der Waals surface area contributed by atoms with Crippen LogP contribution in [0.1, 0.15) is 17.5 Å². The van der Waals surface area contributed by atoms with Gasteiger partial charge in [-0.25, -0.2) is 0 Å². The highest BCUT2D eigenvalue weighted by Crippen LogP contribution is 2.09. The molecule has 0 atom stereocenters. The molecule has 1 aromatic heterocycles. The van der Waals surface area contributed by atoms with Gasteiger partial charge in [-0.15, -0.1) is 0 Å². The molecule has 1 aromatic carbocycles. The highest BCUT2D eigenvalue weighted by molar-refractivity contribution is 5.90. The monoisotopic (exact) mass is 256 g/mol. The van der Waals surface area contributed by atoms with Crippen molar-refractivity contribution in [3.05, 3.63) is 59.9 Å². The van der Waals surface area contributed by atoms with Crippen molar-refractivity contribution in [3.8, 4) is 0 Å². The number of rotatable bonds is 5. The number of aliphatic hydroxyl groups excluding tert-OH is 1. The zero-order valence-corrected chi connectivity index (χ0v) is 10.5. The molecular formula is C15H16N2O2. The first kappa shape index (κ1) is 13.2. The lowest BCUT2D eigenvalue weighted by Crippen LogP contribution is -2.12. The minimum atomic E-state index is -0.0826. The Labute approximate surface area is 112 Å². The van der Waals surface area contributed by atoms with Gasteiger partial charge in [0, 0.05) is 12.6 Å². The minimum absolute atomic E-state index is 0.0549. The number of nitrogens with zero attached hydrogens (tertiary/aromatic N) is 1. The van der Waals surface area contributed by atoms with E-state index < -0.39 is 0 Å². The molecule has 2 N–H and O–H groups in total. The van der Waals surface area contributed by atoms with Gasteiger partial charge < -0.3 is 10.4 Å². The van der Waals surface area contributed by atoms with Crippen LogP contribution in [0.3, 0.4) is 0 Å². The molecule has 0 aliphatic carbocycles. The quantitative estimate of drug-likeness (QED) is 0.861.